The van der Waals surface area contributed by atoms with E-state index in [4.69, 9.17) is 4.74 Å². The van der Waals surface area contributed by atoms with Crippen LogP contribution in [0.4, 0.5) is 0 Å². The van der Waals surface area contributed by atoms with Crippen LogP contribution in [0.3, 0.4) is 0 Å². The summed E-state index contributed by atoms with van der Waals surface area (Å²) >= 11 is 0. The molecule has 0 N–H and O–H groups in total. The molecule has 1 heterocycles. The van der Waals surface area contributed by atoms with Crippen molar-refractivity contribution in [1.29, 1.82) is 0 Å². The van der Waals surface area contributed by atoms with Crippen molar-refractivity contribution in [2.45, 2.75) is 26.2 Å². The molecule has 1 aliphatic carbocycles. The summed E-state index contributed by atoms with van der Waals surface area (Å²) in [6.45, 7) is 7.18. The molecule has 1 amide bonds. The van der Waals surface area contributed by atoms with Crippen molar-refractivity contribution in [3.8, 4) is 0 Å². The van der Waals surface area contributed by atoms with Crippen LogP contribution in [-0.2, 0) is 16.0 Å². The summed E-state index contributed by atoms with van der Waals surface area (Å²) < 4.78 is 5.32. The van der Waals surface area contributed by atoms with E-state index in [1.807, 2.05) is 31.2 Å². The van der Waals surface area contributed by atoms with E-state index in [9.17, 15) is 9.59 Å². The molecule has 0 spiro atoms. The summed E-state index contributed by atoms with van der Waals surface area (Å²) in [5.74, 6) is 0.122. The maximum atomic E-state index is 12.4. The smallest absolute Gasteiger partial charge is 0.313 e. The molecule has 2 atom stereocenters. The van der Waals surface area contributed by atoms with Crippen LogP contribution >= 0.6 is 0 Å². The fraction of sp³-hybridized carbons (Fsp3) is 0.474. The van der Waals surface area contributed by atoms with Crippen molar-refractivity contribution in [2.24, 2.45) is 11.3 Å². The second-order valence-corrected chi connectivity index (χ2v) is 6.78. The first-order valence-electron chi connectivity index (χ1n) is 8.14. The predicted octanol–water partition coefficient (Wildman–Crippen LogP) is 2.83. The molecule has 23 heavy (non-hydrogen) atoms. The number of esters is 1. The summed E-state index contributed by atoms with van der Waals surface area (Å²) in [5.41, 5.74) is 2.33. The average molecular weight is 313 g/mol. The van der Waals surface area contributed by atoms with Crippen LogP contribution in [0.15, 0.2) is 36.4 Å². The quantitative estimate of drug-likeness (QED) is 0.634. The maximum absolute atomic E-state index is 12.4. The topological polar surface area (TPSA) is 46.6 Å². The largest absolute Gasteiger partial charge is 0.465 e. The van der Waals surface area contributed by atoms with Crippen LogP contribution in [0, 0.1) is 11.3 Å². The lowest BCUT2D eigenvalue weighted by molar-refractivity contribution is -0.146. The van der Waals surface area contributed by atoms with Gasteiger partial charge in [0.2, 0.25) is 0 Å². The monoisotopic (exact) mass is 313 g/mol. The Morgan fingerprint density at radius 2 is 2.26 bits per heavy atom. The van der Waals surface area contributed by atoms with Crippen LogP contribution in [0.2, 0.25) is 0 Å². The fourth-order valence-corrected chi connectivity index (χ4v) is 3.81. The number of carbonyl (C=O) groups excluding carboxylic acids is 2. The Balaban J connectivity index is 1.87. The van der Waals surface area contributed by atoms with Gasteiger partial charge in [-0.25, -0.2) is 0 Å². The fourth-order valence-electron chi connectivity index (χ4n) is 3.81. The van der Waals surface area contributed by atoms with Gasteiger partial charge in [-0.1, -0.05) is 24.3 Å². The molecule has 0 radical (unpaired) electrons. The highest BCUT2D eigenvalue weighted by Crippen LogP contribution is 2.52. The molecular formula is C19H23NO3. The van der Waals surface area contributed by atoms with Gasteiger partial charge in [0.25, 0.3) is 5.91 Å². The zero-order valence-corrected chi connectivity index (χ0v) is 13.8. The van der Waals surface area contributed by atoms with Crippen LogP contribution in [0.25, 0.3) is 0 Å². The molecule has 4 heteroatoms. The van der Waals surface area contributed by atoms with E-state index in [1.54, 1.807) is 11.9 Å². The summed E-state index contributed by atoms with van der Waals surface area (Å²) in [6.07, 6.45) is 2.18. The summed E-state index contributed by atoms with van der Waals surface area (Å²) in [6, 6.07) is 7.61. The molecule has 3 rings (SSSR count). The van der Waals surface area contributed by atoms with Crippen LogP contribution in [0.5, 0.6) is 0 Å². The van der Waals surface area contributed by atoms with Gasteiger partial charge in [-0.15, -0.1) is 0 Å². The van der Waals surface area contributed by atoms with E-state index >= 15 is 0 Å². The molecule has 2 unspecified atom stereocenters. The number of benzene rings is 1. The summed E-state index contributed by atoms with van der Waals surface area (Å²) in [4.78, 5) is 26.4. The van der Waals surface area contributed by atoms with E-state index in [0.29, 0.717) is 31.6 Å². The van der Waals surface area contributed by atoms with Crippen LogP contribution in [-0.4, -0.2) is 37.0 Å². The Bertz CT molecular complexity index is 666. The zero-order valence-electron chi connectivity index (χ0n) is 13.8. The molecule has 1 aliphatic heterocycles. The molecule has 4 nitrogen and oxygen atoms in total. The highest BCUT2D eigenvalue weighted by atomic mass is 16.5. The third-order valence-electron chi connectivity index (χ3n) is 5.22. The van der Waals surface area contributed by atoms with Gasteiger partial charge in [-0.05, 0) is 43.9 Å². The molecule has 0 aromatic heterocycles. The normalized spacial score (nSPS) is 26.1. The third kappa shape index (κ3) is 2.67. The number of amides is 1. The first-order valence-corrected chi connectivity index (χ1v) is 8.14. The van der Waals surface area contributed by atoms with Crippen molar-refractivity contribution in [2.75, 3.05) is 20.2 Å². The first kappa shape index (κ1) is 15.8. The van der Waals surface area contributed by atoms with Crippen molar-refractivity contribution < 1.29 is 14.3 Å². The van der Waals surface area contributed by atoms with Crippen LogP contribution in [0.1, 0.15) is 35.7 Å². The Labute approximate surface area is 137 Å². The van der Waals surface area contributed by atoms with Crippen molar-refractivity contribution in [3.63, 3.8) is 0 Å². The number of ether oxygens (including phenoxy) is 1. The molecule has 2 fully saturated rings. The van der Waals surface area contributed by atoms with Crippen LogP contribution < -0.4 is 0 Å². The van der Waals surface area contributed by atoms with Crippen molar-refractivity contribution in [3.05, 3.63) is 47.5 Å². The SMILES string of the molecule is C=C1CC2COC(=O)C2(Cc2cccc(C(=O)N(C)CC)c2)C1. The minimum Gasteiger partial charge on any atom is -0.465 e. The Morgan fingerprint density at radius 1 is 1.48 bits per heavy atom. The molecule has 1 saturated carbocycles. The maximum Gasteiger partial charge on any atom is 0.313 e. The van der Waals surface area contributed by atoms with E-state index < -0.39 is 5.41 Å². The molecule has 2 aliphatic rings. The van der Waals surface area contributed by atoms with E-state index in [-0.39, 0.29) is 17.8 Å². The first-order chi connectivity index (χ1) is 11.0. The van der Waals surface area contributed by atoms with Gasteiger partial charge in [0.05, 0.1) is 12.0 Å². The predicted molar refractivity (Wildman–Crippen MR) is 88.0 cm³/mol. The Morgan fingerprint density at radius 3 is 3.00 bits per heavy atom. The number of carbonyl (C=O) groups is 2. The lowest BCUT2D eigenvalue weighted by atomic mass is 9.75. The number of hydrogen-bond acceptors (Lipinski definition) is 3. The molecule has 1 aromatic carbocycles. The molecule has 1 aromatic rings. The minimum atomic E-state index is -0.477. The second kappa shape index (κ2) is 5.84. The molecule has 1 saturated heterocycles. The van der Waals surface area contributed by atoms with E-state index in [2.05, 4.69) is 6.58 Å². The lowest BCUT2D eigenvalue weighted by Gasteiger charge is -2.24. The Kier molecular flexibility index (Phi) is 4.00. The van der Waals surface area contributed by atoms with Gasteiger partial charge in [0, 0.05) is 25.1 Å². The summed E-state index contributed by atoms with van der Waals surface area (Å²) in [7, 11) is 1.79. The molecular weight excluding hydrogens is 290 g/mol. The van der Waals surface area contributed by atoms with Gasteiger partial charge in [0.1, 0.15) is 0 Å². The zero-order chi connectivity index (χ0) is 16.6. The van der Waals surface area contributed by atoms with Crippen molar-refractivity contribution in [1.82, 2.24) is 4.90 Å². The van der Waals surface area contributed by atoms with Gasteiger partial charge >= 0.3 is 5.97 Å². The second-order valence-electron chi connectivity index (χ2n) is 6.78. The standard InChI is InChI=1S/C19H23NO3/c1-4-20(3)17(21)15-7-5-6-14(9-15)11-19-10-13(2)8-16(19)12-23-18(19)22/h5-7,9,16H,2,4,8,10-12H2,1,3H3. The Hall–Kier alpha value is -2.10. The number of nitrogens with zero attached hydrogens (tertiary/aromatic N) is 1. The number of cyclic esters (lactones) is 1. The minimum absolute atomic E-state index is 0.00762. The van der Waals surface area contributed by atoms with Crippen molar-refractivity contribution >= 4 is 11.9 Å². The van der Waals surface area contributed by atoms with Gasteiger partial charge in [-0.2, -0.15) is 0 Å². The third-order valence-corrected chi connectivity index (χ3v) is 5.22. The molecule has 0 bridgehead atoms. The average Bonchev–Trinajstić information content (AvgIpc) is 3.01. The van der Waals surface area contributed by atoms with E-state index in [1.165, 1.54) is 0 Å². The highest BCUT2D eigenvalue weighted by Gasteiger charge is 2.55. The number of fused-ring (bicyclic) bond motifs is 1. The lowest BCUT2D eigenvalue weighted by Crippen LogP contribution is -2.31. The molecule has 122 valence electrons. The van der Waals surface area contributed by atoms with Gasteiger partial charge in [-0.3, -0.25) is 9.59 Å². The van der Waals surface area contributed by atoms with E-state index in [0.717, 1.165) is 17.6 Å². The van der Waals surface area contributed by atoms with Gasteiger partial charge < -0.3 is 9.64 Å². The number of allylic oxidation sites excluding steroid dienone is 1. The van der Waals surface area contributed by atoms with Gasteiger partial charge in [0.15, 0.2) is 0 Å². The number of hydrogen-bond donors (Lipinski definition) is 0. The highest BCUT2D eigenvalue weighted by molar-refractivity contribution is 5.94. The number of rotatable bonds is 4. The summed E-state index contributed by atoms with van der Waals surface area (Å²) in [5, 5.41) is 0.